The molecule has 2 saturated heterocycles. The van der Waals surface area contributed by atoms with Crippen molar-refractivity contribution >= 4 is 12.0 Å². The van der Waals surface area contributed by atoms with Crippen molar-refractivity contribution in [1.29, 1.82) is 0 Å². The number of nitrogens with one attached hydrogen (secondary N) is 2. The number of nitrogens with zero attached hydrogens (tertiary/aromatic N) is 2. The first-order chi connectivity index (χ1) is 17.0. The van der Waals surface area contributed by atoms with Crippen LogP contribution in [-0.2, 0) is 15.9 Å². The second-order valence-corrected chi connectivity index (χ2v) is 10.9. The van der Waals surface area contributed by atoms with Gasteiger partial charge in [-0.1, -0.05) is 0 Å². The summed E-state index contributed by atoms with van der Waals surface area (Å²) in [5.41, 5.74) is 7.03. The molecule has 3 heterocycles. The molecule has 5 rings (SSSR count). The van der Waals surface area contributed by atoms with E-state index in [-0.39, 0.29) is 24.1 Å². The molecule has 36 heavy (non-hydrogen) atoms. The number of alkyl carbamates (subject to hydrolysis) is 1. The lowest BCUT2D eigenvalue weighted by molar-refractivity contribution is -0.0580. The van der Waals surface area contributed by atoms with Crippen LogP contribution in [0.15, 0.2) is 18.2 Å². The van der Waals surface area contributed by atoms with E-state index in [1.54, 1.807) is 20.8 Å². The van der Waals surface area contributed by atoms with Crippen LogP contribution in [0.2, 0.25) is 0 Å². The summed E-state index contributed by atoms with van der Waals surface area (Å²) in [4.78, 5) is 26.8. The molecule has 1 aromatic carbocycles. The Bertz CT molecular complexity index is 1180. The van der Waals surface area contributed by atoms with E-state index in [9.17, 15) is 18.4 Å². The van der Waals surface area contributed by atoms with Crippen LogP contribution in [0.5, 0.6) is 0 Å². The number of ether oxygens (including phenoxy) is 2. The summed E-state index contributed by atoms with van der Waals surface area (Å²) in [6, 6.07) is 2.51. The van der Waals surface area contributed by atoms with Crippen molar-refractivity contribution < 1.29 is 27.8 Å². The molecular formula is C25H31F2N5O4. The number of halogens is 2. The van der Waals surface area contributed by atoms with Gasteiger partial charge in [-0.15, -0.1) is 0 Å². The van der Waals surface area contributed by atoms with Crippen LogP contribution >= 0.6 is 0 Å². The molecule has 0 bridgehead atoms. The summed E-state index contributed by atoms with van der Waals surface area (Å²) in [7, 11) is 0. The molecule has 2 aromatic rings. The summed E-state index contributed by atoms with van der Waals surface area (Å²) in [6.07, 6.45) is -0.277. The fraction of sp³-hybridized carbons (Fsp3) is 0.560. The predicted molar refractivity (Wildman–Crippen MR) is 125 cm³/mol. The minimum absolute atomic E-state index is 0.0574. The third-order valence-electron chi connectivity index (χ3n) is 7.27. The van der Waals surface area contributed by atoms with Gasteiger partial charge in [0.25, 0.3) is 5.91 Å². The maximum absolute atomic E-state index is 14.7. The van der Waals surface area contributed by atoms with E-state index in [4.69, 9.17) is 15.2 Å². The van der Waals surface area contributed by atoms with Crippen LogP contribution in [0.3, 0.4) is 0 Å². The molecule has 9 nitrogen and oxygen atoms in total. The SMILES string of the molecule is CC(C)(C)OC(=O)N[C@H]1C[C@@H](N2CC3Cc4[nH]nc(C(N)=O)c4C3C2)CO[C@@H]1c1cc(F)ccc1F. The fourth-order valence-electron chi connectivity index (χ4n) is 5.83. The number of carbonyl (C=O) groups excluding carboxylic acids is 2. The van der Waals surface area contributed by atoms with E-state index in [0.29, 0.717) is 24.6 Å². The van der Waals surface area contributed by atoms with Gasteiger partial charge in [-0.2, -0.15) is 5.10 Å². The number of carbonyl (C=O) groups is 2. The number of rotatable bonds is 4. The average Bonchev–Trinajstić information content (AvgIpc) is 3.45. The van der Waals surface area contributed by atoms with Gasteiger partial charge in [0.05, 0.1) is 12.6 Å². The van der Waals surface area contributed by atoms with E-state index in [1.807, 2.05) is 0 Å². The Hall–Kier alpha value is -3.05. The number of H-pyrrole nitrogens is 1. The molecule has 0 radical (unpaired) electrons. The molecule has 2 aliphatic heterocycles. The smallest absolute Gasteiger partial charge is 0.407 e. The lowest BCUT2D eigenvalue weighted by Crippen LogP contribution is -2.52. The highest BCUT2D eigenvalue weighted by Crippen LogP contribution is 2.45. The lowest BCUT2D eigenvalue weighted by atomic mass is 9.92. The Morgan fingerprint density at radius 2 is 2.06 bits per heavy atom. The van der Waals surface area contributed by atoms with Crippen molar-refractivity contribution in [3.63, 3.8) is 0 Å². The Labute approximate surface area is 207 Å². The molecule has 3 aliphatic rings. The number of aromatic nitrogens is 2. The molecule has 4 N–H and O–H groups in total. The zero-order valence-electron chi connectivity index (χ0n) is 20.5. The summed E-state index contributed by atoms with van der Waals surface area (Å²) in [5.74, 6) is -1.30. The van der Waals surface area contributed by atoms with Gasteiger partial charge in [0.15, 0.2) is 5.69 Å². The van der Waals surface area contributed by atoms with Gasteiger partial charge < -0.3 is 20.5 Å². The number of aromatic amines is 1. The van der Waals surface area contributed by atoms with Crippen molar-refractivity contribution in [2.75, 3.05) is 19.7 Å². The molecule has 0 spiro atoms. The highest BCUT2D eigenvalue weighted by atomic mass is 19.1. The normalized spacial score (nSPS) is 28.0. The van der Waals surface area contributed by atoms with Crippen LogP contribution in [0, 0.1) is 17.6 Å². The zero-order chi connectivity index (χ0) is 25.8. The number of hydrogen-bond acceptors (Lipinski definition) is 6. The maximum Gasteiger partial charge on any atom is 0.407 e. The van der Waals surface area contributed by atoms with Gasteiger partial charge in [-0.3, -0.25) is 14.8 Å². The molecule has 2 unspecified atom stereocenters. The Morgan fingerprint density at radius 3 is 2.78 bits per heavy atom. The molecule has 2 fully saturated rings. The molecular weight excluding hydrogens is 472 g/mol. The zero-order valence-corrected chi connectivity index (χ0v) is 20.5. The van der Waals surface area contributed by atoms with Crippen molar-refractivity contribution in [1.82, 2.24) is 20.4 Å². The van der Waals surface area contributed by atoms with E-state index < -0.39 is 41.4 Å². The first kappa shape index (κ1) is 24.6. The van der Waals surface area contributed by atoms with Crippen LogP contribution in [-0.4, -0.2) is 64.5 Å². The topological polar surface area (TPSA) is 123 Å². The van der Waals surface area contributed by atoms with Crippen molar-refractivity contribution in [3.05, 3.63) is 52.3 Å². The summed E-state index contributed by atoms with van der Waals surface area (Å²) in [6.45, 7) is 7.01. The minimum Gasteiger partial charge on any atom is -0.444 e. The third-order valence-corrected chi connectivity index (χ3v) is 7.27. The van der Waals surface area contributed by atoms with Crippen LogP contribution in [0.25, 0.3) is 0 Å². The maximum atomic E-state index is 14.7. The highest BCUT2D eigenvalue weighted by Gasteiger charge is 2.47. The lowest BCUT2D eigenvalue weighted by Gasteiger charge is -2.40. The molecule has 194 valence electrons. The average molecular weight is 504 g/mol. The first-order valence-corrected chi connectivity index (χ1v) is 12.2. The van der Waals surface area contributed by atoms with E-state index in [0.717, 1.165) is 42.4 Å². The van der Waals surface area contributed by atoms with Gasteiger partial charge in [0, 0.05) is 41.9 Å². The van der Waals surface area contributed by atoms with Crippen molar-refractivity contribution in [3.8, 4) is 0 Å². The van der Waals surface area contributed by atoms with Crippen LogP contribution < -0.4 is 11.1 Å². The molecule has 5 atom stereocenters. The second-order valence-electron chi connectivity index (χ2n) is 10.9. The van der Waals surface area contributed by atoms with E-state index in [2.05, 4.69) is 20.4 Å². The van der Waals surface area contributed by atoms with Crippen LogP contribution in [0.4, 0.5) is 13.6 Å². The minimum atomic E-state index is -0.867. The summed E-state index contributed by atoms with van der Waals surface area (Å²) >= 11 is 0. The number of likely N-dealkylation sites (tertiary alicyclic amines) is 1. The second kappa shape index (κ2) is 9.11. The number of hydrogen-bond donors (Lipinski definition) is 3. The van der Waals surface area contributed by atoms with Gasteiger partial charge >= 0.3 is 6.09 Å². The van der Waals surface area contributed by atoms with Gasteiger partial charge in [0.1, 0.15) is 23.3 Å². The Kier molecular flexibility index (Phi) is 6.24. The largest absolute Gasteiger partial charge is 0.444 e. The number of nitrogens with two attached hydrogens (primary N) is 1. The first-order valence-electron chi connectivity index (χ1n) is 12.2. The Morgan fingerprint density at radius 1 is 1.28 bits per heavy atom. The predicted octanol–water partition coefficient (Wildman–Crippen LogP) is 2.78. The summed E-state index contributed by atoms with van der Waals surface area (Å²) < 4.78 is 40.1. The standard InChI is InChI=1S/C25H31F2N5O4/c1-25(2,3)36-24(34)29-19-8-14(11-35-22(19)15-7-13(26)4-5-17(15)27)32-9-12-6-18-20(16(12)10-32)21(23(28)33)31-30-18/h4-5,7,12,14,16,19,22H,6,8-11H2,1-3H3,(H2,28,33)(H,29,34)(H,30,31)/t12?,14-,16?,19+,22-/m1/s1. The number of amides is 2. The number of fused-ring (bicyclic) bond motifs is 3. The third kappa shape index (κ3) is 4.69. The van der Waals surface area contributed by atoms with Gasteiger partial charge in [0.2, 0.25) is 0 Å². The quantitative estimate of drug-likeness (QED) is 0.590. The van der Waals surface area contributed by atoms with Gasteiger partial charge in [-0.05, 0) is 57.7 Å². The van der Waals surface area contributed by atoms with Crippen molar-refractivity contribution in [2.45, 2.75) is 63.3 Å². The van der Waals surface area contributed by atoms with Gasteiger partial charge in [-0.25, -0.2) is 13.6 Å². The monoisotopic (exact) mass is 503 g/mol. The Balaban J connectivity index is 1.35. The number of benzene rings is 1. The molecule has 2 amide bonds. The number of primary amides is 1. The van der Waals surface area contributed by atoms with E-state index >= 15 is 0 Å². The summed E-state index contributed by atoms with van der Waals surface area (Å²) in [5, 5.41) is 9.88. The molecule has 1 aromatic heterocycles. The fourth-order valence-corrected chi connectivity index (χ4v) is 5.83. The molecule has 1 aliphatic carbocycles. The van der Waals surface area contributed by atoms with E-state index in [1.165, 1.54) is 0 Å². The van der Waals surface area contributed by atoms with Crippen LogP contribution in [0.1, 0.15) is 66.5 Å². The molecule has 0 saturated carbocycles. The van der Waals surface area contributed by atoms with Crippen molar-refractivity contribution in [2.24, 2.45) is 11.7 Å². The highest BCUT2D eigenvalue weighted by molar-refractivity contribution is 5.93. The molecule has 11 heteroatoms.